The first kappa shape index (κ1) is 25.3. The molecule has 0 aliphatic carbocycles. The molecule has 0 saturated carbocycles. The van der Waals surface area contributed by atoms with Gasteiger partial charge in [-0.15, -0.1) is 4.80 Å². The largest absolute Gasteiger partial charge is 0.434 e. The molecule has 0 aromatic carbocycles. The molecule has 5 heterocycles. The molecule has 0 unspecified atom stereocenters. The van der Waals surface area contributed by atoms with Crippen LogP contribution >= 0.6 is 0 Å². The third kappa shape index (κ3) is 4.61. The first-order chi connectivity index (χ1) is 18.5. The van der Waals surface area contributed by atoms with Crippen LogP contribution in [0.2, 0.25) is 0 Å². The standard InChI is InChI=1S/C22H11F6N9O2/c23-21(24,25)15-8-12(9-30-18(15)37-31-5-6-32-37)34-20(39)14-10-33-36(17(14)22(26,27)28)16-2-1-7-35-13(11-38)3-4-29-19(16)35/h1-10H,(H,34,39). The molecule has 1 amide bonds. The maximum atomic E-state index is 14.2. The number of nitrogens with one attached hydrogen (secondary N) is 1. The summed E-state index contributed by atoms with van der Waals surface area (Å²) in [6.45, 7) is 0. The van der Waals surface area contributed by atoms with Gasteiger partial charge in [0.25, 0.3) is 5.91 Å². The van der Waals surface area contributed by atoms with Gasteiger partial charge < -0.3 is 5.32 Å². The van der Waals surface area contributed by atoms with Crippen molar-refractivity contribution in [3.63, 3.8) is 0 Å². The lowest BCUT2D eigenvalue weighted by atomic mass is 10.1. The average Bonchev–Trinajstić information content (AvgIpc) is 3.58. The Labute approximate surface area is 212 Å². The molecule has 198 valence electrons. The number of allylic oxidation sites excluding steroid dienone is 3. The Bertz CT molecular complexity index is 1640. The van der Waals surface area contributed by atoms with E-state index in [4.69, 9.17) is 0 Å². The maximum Gasteiger partial charge on any atom is 0.434 e. The fourth-order valence-corrected chi connectivity index (χ4v) is 3.71. The van der Waals surface area contributed by atoms with Crippen LogP contribution in [-0.4, -0.2) is 52.3 Å². The van der Waals surface area contributed by atoms with Crippen molar-refractivity contribution in [2.75, 3.05) is 5.32 Å². The maximum absolute atomic E-state index is 14.2. The number of aliphatic imine (C=N–C) groups is 1. The van der Waals surface area contributed by atoms with Gasteiger partial charge in [-0.1, -0.05) is 0 Å². The topological polar surface area (TPSA) is 123 Å². The van der Waals surface area contributed by atoms with E-state index in [1.807, 2.05) is 5.32 Å². The molecule has 39 heavy (non-hydrogen) atoms. The number of aromatic nitrogens is 6. The summed E-state index contributed by atoms with van der Waals surface area (Å²) < 4.78 is 84.0. The average molecular weight is 547 g/mol. The number of nitrogens with zero attached hydrogens (tertiary/aromatic N) is 8. The number of pyridine rings is 1. The van der Waals surface area contributed by atoms with E-state index in [9.17, 15) is 35.9 Å². The highest BCUT2D eigenvalue weighted by Crippen LogP contribution is 2.37. The molecule has 0 spiro atoms. The Hall–Kier alpha value is -5.31. The van der Waals surface area contributed by atoms with Crippen LogP contribution in [0.4, 0.5) is 32.0 Å². The lowest BCUT2D eigenvalue weighted by molar-refractivity contribution is -0.143. The highest BCUT2D eigenvalue weighted by atomic mass is 19.4. The molecular formula is C22H11F6N9O2. The number of carbonyl (C=O) groups excluding carboxylic acids is 2. The number of amides is 1. The molecule has 0 bridgehead atoms. The molecule has 17 heteroatoms. The molecule has 0 atom stereocenters. The zero-order valence-corrected chi connectivity index (χ0v) is 18.9. The van der Waals surface area contributed by atoms with Crippen LogP contribution in [-0.2, 0) is 17.1 Å². The lowest BCUT2D eigenvalue weighted by Crippen LogP contribution is -2.33. The van der Waals surface area contributed by atoms with E-state index in [1.165, 1.54) is 35.5 Å². The Morgan fingerprint density at radius 2 is 1.74 bits per heavy atom. The SMILES string of the molecule is O=C=C1C=CN=C2C(n3ncc(C(=O)Nc4cnc(-n5nccn5)c(C(F)(F)F)c4)c3C(F)(F)F)=CC=CN12. The minimum atomic E-state index is -5.14. The summed E-state index contributed by atoms with van der Waals surface area (Å²) in [7, 11) is 0. The van der Waals surface area contributed by atoms with Crippen molar-refractivity contribution in [1.82, 2.24) is 34.7 Å². The van der Waals surface area contributed by atoms with Gasteiger partial charge in [-0.25, -0.2) is 19.5 Å². The van der Waals surface area contributed by atoms with E-state index in [0.717, 1.165) is 18.6 Å². The van der Waals surface area contributed by atoms with Gasteiger partial charge in [0.2, 0.25) is 0 Å². The molecule has 2 aliphatic heterocycles. The quantitative estimate of drug-likeness (QED) is 0.392. The molecule has 11 nitrogen and oxygen atoms in total. The third-order valence-corrected chi connectivity index (χ3v) is 5.29. The fraction of sp³-hybridized carbons (Fsp3) is 0.0909. The van der Waals surface area contributed by atoms with Crippen LogP contribution in [0.1, 0.15) is 21.6 Å². The second kappa shape index (κ2) is 9.21. The summed E-state index contributed by atoms with van der Waals surface area (Å²) in [6.07, 6.45) is -0.0654. The fourth-order valence-electron chi connectivity index (χ4n) is 3.71. The van der Waals surface area contributed by atoms with Crippen molar-refractivity contribution >= 4 is 29.1 Å². The molecule has 0 saturated heterocycles. The molecule has 0 radical (unpaired) electrons. The van der Waals surface area contributed by atoms with Gasteiger partial charge in [-0.2, -0.15) is 41.6 Å². The van der Waals surface area contributed by atoms with E-state index < -0.39 is 46.6 Å². The van der Waals surface area contributed by atoms with Gasteiger partial charge in [-0.3, -0.25) is 9.69 Å². The summed E-state index contributed by atoms with van der Waals surface area (Å²) in [5.74, 6) is -0.589. The molecule has 3 aromatic heterocycles. The van der Waals surface area contributed by atoms with E-state index >= 15 is 0 Å². The number of alkyl halides is 6. The van der Waals surface area contributed by atoms with Crippen molar-refractivity contribution in [3.8, 4) is 5.82 Å². The molecule has 0 fully saturated rings. The van der Waals surface area contributed by atoms with Crippen LogP contribution in [0.15, 0.2) is 72.2 Å². The normalized spacial score (nSPS) is 15.0. The number of anilines is 1. The van der Waals surface area contributed by atoms with Gasteiger partial charge in [0.15, 0.2) is 23.3 Å². The number of hydrogen-bond donors (Lipinski definition) is 1. The molecule has 2 aliphatic rings. The van der Waals surface area contributed by atoms with Crippen molar-refractivity contribution in [1.29, 1.82) is 0 Å². The van der Waals surface area contributed by atoms with Gasteiger partial charge in [0.1, 0.15) is 17.0 Å². The van der Waals surface area contributed by atoms with Crippen LogP contribution in [0.3, 0.4) is 0 Å². The molecular weight excluding hydrogens is 536 g/mol. The minimum Gasteiger partial charge on any atom is -0.320 e. The van der Waals surface area contributed by atoms with Crippen LogP contribution in [0, 0.1) is 0 Å². The predicted octanol–water partition coefficient (Wildman–Crippen LogP) is 3.46. The Morgan fingerprint density at radius 3 is 2.41 bits per heavy atom. The smallest absolute Gasteiger partial charge is 0.320 e. The van der Waals surface area contributed by atoms with Gasteiger partial charge in [-0.05, 0) is 24.3 Å². The van der Waals surface area contributed by atoms with Crippen molar-refractivity contribution in [3.05, 3.63) is 84.0 Å². The van der Waals surface area contributed by atoms with Gasteiger partial charge in [0, 0.05) is 12.4 Å². The zero-order chi connectivity index (χ0) is 27.9. The highest BCUT2D eigenvalue weighted by Gasteiger charge is 2.42. The van der Waals surface area contributed by atoms with Crippen LogP contribution in [0.5, 0.6) is 0 Å². The van der Waals surface area contributed by atoms with Crippen LogP contribution in [0.25, 0.3) is 11.5 Å². The van der Waals surface area contributed by atoms with Gasteiger partial charge >= 0.3 is 12.4 Å². The zero-order valence-electron chi connectivity index (χ0n) is 18.9. The van der Waals surface area contributed by atoms with Gasteiger partial charge in [0.05, 0.1) is 36.0 Å². The second-order valence-electron chi connectivity index (χ2n) is 7.70. The Kier molecular flexibility index (Phi) is 5.99. The number of halogens is 6. The predicted molar refractivity (Wildman–Crippen MR) is 120 cm³/mol. The summed E-state index contributed by atoms with van der Waals surface area (Å²) in [6, 6.07) is 0.490. The van der Waals surface area contributed by atoms with Crippen molar-refractivity contribution < 1.29 is 35.9 Å². The Balaban J connectivity index is 1.53. The third-order valence-electron chi connectivity index (χ3n) is 5.29. The number of rotatable bonds is 4. The summed E-state index contributed by atoms with van der Waals surface area (Å²) in [5, 5.41) is 12.9. The molecule has 3 aromatic rings. The van der Waals surface area contributed by atoms with E-state index in [0.29, 0.717) is 21.7 Å². The van der Waals surface area contributed by atoms with Crippen LogP contribution < -0.4 is 5.32 Å². The number of hydrogen-bond acceptors (Lipinski definition) is 8. The first-order valence-electron chi connectivity index (χ1n) is 10.6. The number of fused-ring (bicyclic) bond motifs is 1. The summed E-state index contributed by atoms with van der Waals surface area (Å²) >= 11 is 0. The molecule has 1 N–H and O–H groups in total. The monoisotopic (exact) mass is 547 g/mol. The minimum absolute atomic E-state index is 0.0396. The molecule has 5 rings (SSSR count). The lowest BCUT2D eigenvalue weighted by Gasteiger charge is -2.28. The second-order valence-corrected chi connectivity index (χ2v) is 7.70. The summed E-state index contributed by atoms with van der Waals surface area (Å²) in [5.41, 5.74) is -4.69. The first-order valence-corrected chi connectivity index (χ1v) is 10.6. The number of carbonyl (C=O) groups is 1. The highest BCUT2D eigenvalue weighted by molar-refractivity contribution is 6.20. The van der Waals surface area contributed by atoms with E-state index in [2.05, 4.69) is 25.3 Å². The number of amidine groups is 1. The van der Waals surface area contributed by atoms with Crippen molar-refractivity contribution in [2.45, 2.75) is 12.4 Å². The Morgan fingerprint density at radius 1 is 1.00 bits per heavy atom. The van der Waals surface area contributed by atoms with E-state index in [-0.39, 0.29) is 17.2 Å². The van der Waals surface area contributed by atoms with Crippen molar-refractivity contribution in [2.24, 2.45) is 4.99 Å². The van der Waals surface area contributed by atoms with E-state index in [1.54, 1.807) is 5.94 Å². The summed E-state index contributed by atoms with van der Waals surface area (Å²) in [4.78, 5) is 33.5.